The van der Waals surface area contributed by atoms with Crippen LogP contribution in [0.15, 0.2) is 23.1 Å². The number of carbonyl (C=O) groups excluding carboxylic acids is 1. The number of nitrogens with zero attached hydrogens (tertiary/aromatic N) is 2. The Hall–Kier alpha value is -2.00. The first-order valence-electron chi connectivity index (χ1n) is 6.30. The molecule has 0 radical (unpaired) electrons. The molecule has 1 unspecified atom stereocenters. The van der Waals surface area contributed by atoms with Crippen LogP contribution in [-0.2, 0) is 14.8 Å². The van der Waals surface area contributed by atoms with Crippen LogP contribution >= 0.6 is 0 Å². The fraction of sp³-hybridized carbons (Fsp3) is 0.417. The van der Waals surface area contributed by atoms with E-state index in [2.05, 4.69) is 5.32 Å². The summed E-state index contributed by atoms with van der Waals surface area (Å²) in [7, 11) is -3.96. The van der Waals surface area contributed by atoms with Gasteiger partial charge >= 0.3 is 0 Å². The Morgan fingerprint density at radius 3 is 2.71 bits per heavy atom. The molecule has 1 aromatic carbocycles. The average molecular weight is 313 g/mol. The first-order chi connectivity index (χ1) is 9.76. The lowest BCUT2D eigenvalue weighted by Gasteiger charge is -2.32. The minimum Gasteiger partial charge on any atom is -0.353 e. The molecule has 2 rings (SSSR count). The van der Waals surface area contributed by atoms with Gasteiger partial charge in [-0.3, -0.25) is 14.9 Å². The van der Waals surface area contributed by atoms with Gasteiger partial charge in [-0.15, -0.1) is 0 Å². The highest BCUT2D eigenvalue weighted by molar-refractivity contribution is 7.89. The predicted molar refractivity (Wildman–Crippen MR) is 74.2 cm³/mol. The van der Waals surface area contributed by atoms with Crippen molar-refractivity contribution in [1.29, 1.82) is 0 Å². The molecule has 0 aromatic heterocycles. The van der Waals surface area contributed by atoms with E-state index in [4.69, 9.17) is 0 Å². The summed E-state index contributed by atoms with van der Waals surface area (Å²) in [6.07, 6.45) is 0. The number of benzene rings is 1. The Kier molecular flexibility index (Phi) is 3.97. The molecule has 1 aliphatic rings. The predicted octanol–water partition coefficient (Wildman–Crippen LogP) is 0.412. The molecule has 1 saturated heterocycles. The Morgan fingerprint density at radius 1 is 1.43 bits per heavy atom. The summed E-state index contributed by atoms with van der Waals surface area (Å²) in [5, 5.41) is 13.5. The Balaban J connectivity index is 2.52. The quantitative estimate of drug-likeness (QED) is 0.642. The van der Waals surface area contributed by atoms with E-state index in [9.17, 15) is 23.3 Å². The van der Waals surface area contributed by atoms with Gasteiger partial charge in [-0.25, -0.2) is 8.42 Å². The number of nitro groups is 1. The Morgan fingerprint density at radius 2 is 2.10 bits per heavy atom. The minimum absolute atomic E-state index is 0.0701. The maximum atomic E-state index is 12.7. The molecule has 1 heterocycles. The fourth-order valence-electron chi connectivity index (χ4n) is 2.30. The standard InChI is InChI=1S/C12H15N3O5S/c1-8-10(15(17)18)4-3-5-11(8)21(19,20)14-7-6-13-12(16)9(14)2/h3-5,9H,6-7H2,1-2H3,(H,13,16). The van der Waals surface area contributed by atoms with Gasteiger partial charge in [0.1, 0.15) is 6.04 Å². The molecule has 1 aliphatic heterocycles. The lowest BCUT2D eigenvalue weighted by atomic mass is 10.2. The van der Waals surface area contributed by atoms with Gasteiger partial charge in [-0.1, -0.05) is 6.07 Å². The number of nitrogens with one attached hydrogen (secondary N) is 1. The van der Waals surface area contributed by atoms with Gasteiger partial charge in [0.2, 0.25) is 15.9 Å². The van der Waals surface area contributed by atoms with E-state index in [1.165, 1.54) is 32.0 Å². The summed E-state index contributed by atoms with van der Waals surface area (Å²) in [5.41, 5.74) is -0.189. The topological polar surface area (TPSA) is 110 Å². The summed E-state index contributed by atoms with van der Waals surface area (Å²) in [4.78, 5) is 21.8. The van der Waals surface area contributed by atoms with Gasteiger partial charge in [-0.2, -0.15) is 4.31 Å². The zero-order chi connectivity index (χ0) is 15.8. The highest BCUT2D eigenvalue weighted by atomic mass is 32.2. The van der Waals surface area contributed by atoms with Gasteiger partial charge in [0.25, 0.3) is 5.69 Å². The molecule has 1 atom stereocenters. The van der Waals surface area contributed by atoms with Crippen LogP contribution in [0.5, 0.6) is 0 Å². The molecule has 0 spiro atoms. The minimum atomic E-state index is -3.96. The molecule has 21 heavy (non-hydrogen) atoms. The molecule has 114 valence electrons. The third-order valence-corrected chi connectivity index (χ3v) is 5.60. The van der Waals surface area contributed by atoms with Gasteiger partial charge in [0.05, 0.1) is 9.82 Å². The molecular formula is C12H15N3O5S. The van der Waals surface area contributed by atoms with E-state index in [1.807, 2.05) is 0 Å². The summed E-state index contributed by atoms with van der Waals surface area (Å²) in [6.45, 7) is 3.23. The molecule has 0 saturated carbocycles. The molecule has 8 nitrogen and oxygen atoms in total. The van der Waals surface area contributed by atoms with Crippen molar-refractivity contribution < 1.29 is 18.1 Å². The fourth-order valence-corrected chi connectivity index (χ4v) is 4.13. The second kappa shape index (κ2) is 5.41. The number of rotatable bonds is 3. The van der Waals surface area contributed by atoms with Crippen molar-refractivity contribution in [3.05, 3.63) is 33.9 Å². The molecule has 1 amide bonds. The van der Waals surface area contributed by atoms with Crippen molar-refractivity contribution in [2.75, 3.05) is 13.1 Å². The monoisotopic (exact) mass is 313 g/mol. The van der Waals surface area contributed by atoms with E-state index in [-0.39, 0.29) is 35.1 Å². The molecular weight excluding hydrogens is 298 g/mol. The molecule has 0 aliphatic carbocycles. The Labute approximate surface area is 122 Å². The van der Waals surface area contributed by atoms with Crippen molar-refractivity contribution in [3.63, 3.8) is 0 Å². The number of amides is 1. The van der Waals surface area contributed by atoms with Gasteiger partial charge in [0, 0.05) is 24.7 Å². The largest absolute Gasteiger partial charge is 0.353 e. The zero-order valence-corrected chi connectivity index (χ0v) is 12.4. The van der Waals surface area contributed by atoms with Crippen LogP contribution in [0.3, 0.4) is 0 Å². The van der Waals surface area contributed by atoms with Gasteiger partial charge < -0.3 is 5.32 Å². The number of carbonyl (C=O) groups is 1. The first-order valence-corrected chi connectivity index (χ1v) is 7.74. The number of hydrogen-bond donors (Lipinski definition) is 1. The third kappa shape index (κ3) is 2.61. The second-order valence-corrected chi connectivity index (χ2v) is 6.60. The average Bonchev–Trinajstić information content (AvgIpc) is 2.41. The lowest BCUT2D eigenvalue weighted by Crippen LogP contribution is -2.55. The van der Waals surface area contributed by atoms with E-state index in [0.29, 0.717) is 0 Å². The van der Waals surface area contributed by atoms with E-state index < -0.39 is 21.0 Å². The maximum Gasteiger partial charge on any atom is 0.273 e. The van der Waals surface area contributed by atoms with Crippen LogP contribution in [0.4, 0.5) is 5.69 Å². The number of piperazine rings is 1. The van der Waals surface area contributed by atoms with Crippen LogP contribution in [0.2, 0.25) is 0 Å². The first kappa shape index (κ1) is 15.4. The van der Waals surface area contributed by atoms with Crippen molar-refractivity contribution in [3.8, 4) is 0 Å². The van der Waals surface area contributed by atoms with Crippen molar-refractivity contribution in [2.45, 2.75) is 24.8 Å². The van der Waals surface area contributed by atoms with Crippen molar-refractivity contribution >= 4 is 21.6 Å². The summed E-state index contributed by atoms with van der Waals surface area (Å²) in [5.74, 6) is -0.382. The van der Waals surface area contributed by atoms with Crippen molar-refractivity contribution in [2.24, 2.45) is 0 Å². The molecule has 0 bridgehead atoms. The van der Waals surface area contributed by atoms with Crippen LogP contribution in [-0.4, -0.2) is 42.7 Å². The number of nitro benzene ring substituents is 1. The summed E-state index contributed by atoms with van der Waals surface area (Å²) in [6, 6.07) is 3.05. The smallest absolute Gasteiger partial charge is 0.273 e. The Bertz CT molecular complexity index is 701. The number of hydrogen-bond acceptors (Lipinski definition) is 5. The number of sulfonamides is 1. The summed E-state index contributed by atoms with van der Waals surface area (Å²) >= 11 is 0. The molecule has 9 heteroatoms. The van der Waals surface area contributed by atoms with Crippen LogP contribution < -0.4 is 5.32 Å². The third-order valence-electron chi connectivity index (χ3n) is 3.48. The molecule has 1 fully saturated rings. The van der Waals surface area contributed by atoms with Crippen LogP contribution in [0, 0.1) is 17.0 Å². The second-order valence-electron chi connectivity index (χ2n) is 4.74. The maximum absolute atomic E-state index is 12.7. The zero-order valence-electron chi connectivity index (χ0n) is 11.6. The van der Waals surface area contributed by atoms with E-state index in [1.54, 1.807) is 0 Å². The lowest BCUT2D eigenvalue weighted by molar-refractivity contribution is -0.385. The highest BCUT2D eigenvalue weighted by Gasteiger charge is 2.37. The van der Waals surface area contributed by atoms with Crippen LogP contribution in [0.25, 0.3) is 0 Å². The molecule has 1 N–H and O–H groups in total. The van der Waals surface area contributed by atoms with Gasteiger partial charge in [-0.05, 0) is 19.9 Å². The van der Waals surface area contributed by atoms with E-state index >= 15 is 0 Å². The van der Waals surface area contributed by atoms with E-state index in [0.717, 1.165) is 4.31 Å². The normalized spacial score (nSPS) is 20.1. The van der Waals surface area contributed by atoms with Gasteiger partial charge in [0.15, 0.2) is 0 Å². The highest BCUT2D eigenvalue weighted by Crippen LogP contribution is 2.28. The van der Waals surface area contributed by atoms with Crippen molar-refractivity contribution in [1.82, 2.24) is 9.62 Å². The summed E-state index contributed by atoms with van der Waals surface area (Å²) < 4.78 is 26.4. The van der Waals surface area contributed by atoms with Crippen LogP contribution in [0.1, 0.15) is 12.5 Å². The molecule has 1 aromatic rings. The SMILES string of the molecule is Cc1c([N+](=O)[O-])cccc1S(=O)(=O)N1CCNC(=O)C1C.